The fourth-order valence-electron chi connectivity index (χ4n) is 4.51. The molecular weight excluding hydrogens is 466 g/mol. The lowest BCUT2D eigenvalue weighted by atomic mass is 9.99. The SMILES string of the molecule is Cc1c(NC(=O)O[C@H](C)c2ccccc2)c(-c2ccc(-c3ccc(C4(OC=O)CC4)cc3)cc2)nn1C. The number of rotatable bonds is 8. The molecule has 1 saturated carbocycles. The Hall–Kier alpha value is -4.39. The molecule has 0 spiro atoms. The summed E-state index contributed by atoms with van der Waals surface area (Å²) in [5, 5.41) is 7.54. The van der Waals surface area contributed by atoms with E-state index in [-0.39, 0.29) is 6.10 Å². The highest BCUT2D eigenvalue weighted by molar-refractivity contribution is 5.91. The number of hydrogen-bond acceptors (Lipinski definition) is 5. The van der Waals surface area contributed by atoms with Crippen LogP contribution in [-0.2, 0) is 26.9 Å². The lowest BCUT2D eigenvalue weighted by Crippen LogP contribution is -2.16. The number of hydrogen-bond donors (Lipinski definition) is 1. The lowest BCUT2D eigenvalue weighted by molar-refractivity contribution is -0.136. The molecule has 1 aliphatic rings. The second kappa shape index (κ2) is 9.93. The van der Waals surface area contributed by atoms with Gasteiger partial charge < -0.3 is 9.47 Å². The second-order valence-electron chi connectivity index (χ2n) is 9.38. The normalized spacial score (nSPS) is 14.5. The van der Waals surface area contributed by atoms with Gasteiger partial charge in [-0.1, -0.05) is 78.9 Å². The largest absolute Gasteiger partial charge is 0.456 e. The Labute approximate surface area is 216 Å². The van der Waals surface area contributed by atoms with Gasteiger partial charge in [-0.25, -0.2) is 4.79 Å². The Morgan fingerprint density at radius 3 is 2.16 bits per heavy atom. The van der Waals surface area contributed by atoms with Crippen LogP contribution in [0.25, 0.3) is 22.4 Å². The minimum absolute atomic E-state index is 0.382. The van der Waals surface area contributed by atoms with Gasteiger partial charge in [-0.2, -0.15) is 5.10 Å². The van der Waals surface area contributed by atoms with Gasteiger partial charge in [0.25, 0.3) is 6.47 Å². The summed E-state index contributed by atoms with van der Waals surface area (Å²) in [6.07, 6.45) is 0.806. The Bertz CT molecular complexity index is 1410. The minimum Gasteiger partial charge on any atom is -0.456 e. The summed E-state index contributed by atoms with van der Waals surface area (Å²) in [5.41, 5.74) is 6.62. The number of benzene rings is 3. The van der Waals surface area contributed by atoms with Gasteiger partial charge in [0.2, 0.25) is 0 Å². The van der Waals surface area contributed by atoms with E-state index in [0.717, 1.165) is 46.4 Å². The van der Waals surface area contributed by atoms with Crippen molar-refractivity contribution in [2.24, 2.45) is 7.05 Å². The van der Waals surface area contributed by atoms with Gasteiger partial charge in [-0.3, -0.25) is 14.8 Å². The van der Waals surface area contributed by atoms with Crippen LogP contribution in [0.2, 0.25) is 0 Å². The lowest BCUT2D eigenvalue weighted by Gasteiger charge is -2.15. The van der Waals surface area contributed by atoms with Crippen LogP contribution in [0.5, 0.6) is 0 Å². The van der Waals surface area contributed by atoms with E-state index in [1.165, 1.54) is 0 Å². The molecule has 37 heavy (non-hydrogen) atoms. The van der Waals surface area contributed by atoms with Crippen molar-refractivity contribution in [2.45, 2.75) is 38.4 Å². The molecule has 1 atom stereocenters. The summed E-state index contributed by atoms with van der Waals surface area (Å²) in [6.45, 7) is 4.28. The molecule has 0 unspecified atom stereocenters. The molecule has 3 aromatic carbocycles. The van der Waals surface area contributed by atoms with Crippen molar-refractivity contribution in [3.8, 4) is 22.4 Å². The molecule has 5 rings (SSSR count). The number of amides is 1. The van der Waals surface area contributed by atoms with Crippen molar-refractivity contribution >= 4 is 18.3 Å². The highest BCUT2D eigenvalue weighted by Crippen LogP contribution is 2.49. The number of carbonyl (C=O) groups excluding carboxylic acids is 2. The first-order valence-corrected chi connectivity index (χ1v) is 12.3. The van der Waals surface area contributed by atoms with E-state index in [1.54, 1.807) is 4.68 Å². The van der Waals surface area contributed by atoms with Crippen molar-refractivity contribution < 1.29 is 19.1 Å². The van der Waals surface area contributed by atoms with E-state index < -0.39 is 11.7 Å². The zero-order valence-electron chi connectivity index (χ0n) is 21.1. The molecule has 7 heteroatoms. The molecule has 0 saturated heterocycles. The number of nitrogens with zero attached hydrogens (tertiary/aromatic N) is 2. The molecule has 1 fully saturated rings. The number of carbonyl (C=O) groups is 2. The third-order valence-electron chi connectivity index (χ3n) is 6.99. The second-order valence-corrected chi connectivity index (χ2v) is 9.38. The van der Waals surface area contributed by atoms with Gasteiger partial charge in [0.15, 0.2) is 0 Å². The molecule has 1 amide bonds. The summed E-state index contributed by atoms with van der Waals surface area (Å²) in [6, 6.07) is 25.8. The molecule has 0 aliphatic heterocycles. The predicted octanol–water partition coefficient (Wildman–Crippen LogP) is 6.53. The average Bonchev–Trinajstić information content (AvgIpc) is 3.66. The van der Waals surface area contributed by atoms with Crippen LogP contribution in [0.1, 0.15) is 42.7 Å². The van der Waals surface area contributed by atoms with Gasteiger partial charge in [0, 0.05) is 12.6 Å². The van der Waals surface area contributed by atoms with Gasteiger partial charge >= 0.3 is 6.09 Å². The van der Waals surface area contributed by atoms with Gasteiger partial charge in [-0.15, -0.1) is 0 Å². The Morgan fingerprint density at radius 2 is 1.57 bits per heavy atom. The highest BCUT2D eigenvalue weighted by atomic mass is 16.6. The Balaban J connectivity index is 1.32. The summed E-state index contributed by atoms with van der Waals surface area (Å²) < 4.78 is 12.7. The van der Waals surface area contributed by atoms with Crippen LogP contribution in [0.3, 0.4) is 0 Å². The molecule has 7 nitrogen and oxygen atoms in total. The maximum Gasteiger partial charge on any atom is 0.412 e. The third kappa shape index (κ3) is 4.98. The summed E-state index contributed by atoms with van der Waals surface area (Å²) in [5.74, 6) is 0. The number of nitrogens with one attached hydrogen (secondary N) is 1. The van der Waals surface area contributed by atoms with Crippen molar-refractivity contribution in [2.75, 3.05) is 5.32 Å². The van der Waals surface area contributed by atoms with Crippen molar-refractivity contribution in [1.82, 2.24) is 9.78 Å². The predicted molar refractivity (Wildman–Crippen MR) is 142 cm³/mol. The van der Waals surface area contributed by atoms with Gasteiger partial charge in [0.05, 0.1) is 11.4 Å². The quantitative estimate of drug-likeness (QED) is 0.281. The number of anilines is 1. The topological polar surface area (TPSA) is 82.4 Å². The van der Waals surface area contributed by atoms with Crippen molar-refractivity contribution in [1.29, 1.82) is 0 Å². The maximum atomic E-state index is 12.7. The van der Waals surface area contributed by atoms with E-state index in [2.05, 4.69) is 10.4 Å². The fraction of sp³-hybridized carbons (Fsp3) is 0.233. The van der Waals surface area contributed by atoms with E-state index >= 15 is 0 Å². The summed E-state index contributed by atoms with van der Waals surface area (Å²) in [7, 11) is 1.85. The van der Waals surface area contributed by atoms with Gasteiger partial charge in [-0.05, 0) is 48.9 Å². The molecular formula is C30H29N3O4. The Morgan fingerprint density at radius 1 is 0.973 bits per heavy atom. The first-order chi connectivity index (χ1) is 17.9. The summed E-state index contributed by atoms with van der Waals surface area (Å²) >= 11 is 0. The standard InChI is InChI=1S/C30H29N3O4/c1-20-27(31-29(35)37-21(2)22-7-5-4-6-8-22)28(32-33(20)3)25-11-9-23(10-12-25)24-13-15-26(16-14-24)30(17-18-30)36-19-34/h4-16,19,21H,17-18H2,1-3H3,(H,31,35)/t21-/m1/s1. The molecule has 1 heterocycles. The van der Waals surface area contributed by atoms with Crippen LogP contribution >= 0.6 is 0 Å². The zero-order valence-corrected chi connectivity index (χ0v) is 21.1. The van der Waals surface area contributed by atoms with Crippen molar-refractivity contribution in [3.63, 3.8) is 0 Å². The molecule has 1 aliphatic carbocycles. The molecule has 0 bridgehead atoms. The van der Waals surface area contributed by atoms with E-state index in [1.807, 2.05) is 99.8 Å². The molecule has 0 radical (unpaired) electrons. The van der Waals surface area contributed by atoms with Gasteiger partial charge in [0.1, 0.15) is 17.4 Å². The molecule has 1 aromatic heterocycles. The monoisotopic (exact) mass is 495 g/mol. The molecule has 1 N–H and O–H groups in total. The van der Waals surface area contributed by atoms with E-state index in [4.69, 9.17) is 9.47 Å². The summed E-state index contributed by atoms with van der Waals surface area (Å²) in [4.78, 5) is 23.5. The number of ether oxygens (including phenoxy) is 2. The van der Waals surface area contributed by atoms with Crippen LogP contribution in [0.15, 0.2) is 78.9 Å². The smallest absolute Gasteiger partial charge is 0.412 e. The van der Waals surface area contributed by atoms with Crippen molar-refractivity contribution in [3.05, 3.63) is 95.7 Å². The van der Waals surface area contributed by atoms with Crippen LogP contribution < -0.4 is 5.32 Å². The maximum absolute atomic E-state index is 12.7. The molecule has 4 aromatic rings. The van der Waals surface area contributed by atoms with E-state index in [0.29, 0.717) is 17.9 Å². The minimum atomic E-state index is -0.530. The molecule has 188 valence electrons. The fourth-order valence-corrected chi connectivity index (χ4v) is 4.51. The van der Waals surface area contributed by atoms with Crippen LogP contribution in [0.4, 0.5) is 10.5 Å². The Kier molecular flexibility index (Phi) is 6.53. The zero-order chi connectivity index (χ0) is 26.0. The average molecular weight is 496 g/mol. The number of aryl methyl sites for hydroxylation is 1. The van der Waals surface area contributed by atoms with E-state index in [9.17, 15) is 9.59 Å². The van der Waals surface area contributed by atoms with Crippen LogP contribution in [0, 0.1) is 6.92 Å². The highest BCUT2D eigenvalue weighted by Gasteiger charge is 2.46. The first kappa shape index (κ1) is 24.3. The van der Waals surface area contributed by atoms with Crippen LogP contribution in [-0.4, -0.2) is 22.3 Å². The third-order valence-corrected chi connectivity index (χ3v) is 6.99. The first-order valence-electron chi connectivity index (χ1n) is 12.3. The number of aromatic nitrogens is 2.